The highest BCUT2D eigenvalue weighted by Crippen LogP contribution is 2.28. The summed E-state index contributed by atoms with van der Waals surface area (Å²) in [6.45, 7) is -0.0269. The van der Waals surface area contributed by atoms with Crippen LogP contribution in [0.25, 0.3) is 22.0 Å². The largest absolute Gasteiger partial charge is 0.432 e. The topological polar surface area (TPSA) is 214 Å². The van der Waals surface area contributed by atoms with Gasteiger partial charge in [0.1, 0.15) is 23.5 Å². The van der Waals surface area contributed by atoms with E-state index in [1.54, 1.807) is 12.1 Å². The summed E-state index contributed by atoms with van der Waals surface area (Å²) in [5.41, 5.74) is 5.05. The normalized spacial score (nSPS) is 18.1. The molecule has 1 saturated heterocycles. The third kappa shape index (κ3) is 5.19. The van der Waals surface area contributed by atoms with Gasteiger partial charge in [0.15, 0.2) is 17.5 Å². The number of nitrogens with zero attached hydrogens (tertiary/aromatic N) is 3. The fourth-order valence-electron chi connectivity index (χ4n) is 3.50. The van der Waals surface area contributed by atoms with Crippen molar-refractivity contribution in [2.75, 3.05) is 18.9 Å². The van der Waals surface area contributed by atoms with Crippen LogP contribution in [-0.4, -0.2) is 74.2 Å². The molecule has 194 valence electrons. The zero-order chi connectivity index (χ0) is 26.9. The van der Waals surface area contributed by atoms with Crippen LogP contribution >= 0.6 is 0 Å². The van der Waals surface area contributed by atoms with E-state index in [1.807, 2.05) is 0 Å². The number of imidazole rings is 1. The summed E-state index contributed by atoms with van der Waals surface area (Å²) in [6.07, 6.45) is -4.69. The van der Waals surface area contributed by atoms with Gasteiger partial charge in [-0.25, -0.2) is 4.98 Å². The second-order valence-electron chi connectivity index (χ2n) is 7.80. The molecule has 1 aromatic carbocycles. The van der Waals surface area contributed by atoms with Gasteiger partial charge in [-0.3, -0.25) is 20.5 Å². The number of alkyl halides is 3. The number of ether oxygens (including phenoxy) is 1. The molecule has 4 rings (SSSR count). The van der Waals surface area contributed by atoms with Gasteiger partial charge in [0, 0.05) is 18.5 Å². The maximum Gasteiger partial charge on any atom is 0.432 e. The van der Waals surface area contributed by atoms with Crippen LogP contribution in [-0.2, 0) is 9.53 Å². The Bertz CT molecular complexity index is 1460. The first kappa shape index (κ1) is 25.5. The van der Waals surface area contributed by atoms with Crippen molar-refractivity contribution in [1.29, 1.82) is 16.2 Å². The zero-order valence-corrected chi connectivity index (χ0v) is 18.8. The Morgan fingerprint density at radius 2 is 2.14 bits per heavy atom. The predicted molar refractivity (Wildman–Crippen MR) is 125 cm³/mol. The Kier molecular flexibility index (Phi) is 6.78. The number of aromatic amines is 1. The van der Waals surface area contributed by atoms with E-state index in [0.29, 0.717) is 34.3 Å². The highest BCUT2D eigenvalue weighted by Gasteiger charge is 2.38. The van der Waals surface area contributed by atoms with E-state index in [1.165, 1.54) is 0 Å². The van der Waals surface area contributed by atoms with Crippen LogP contribution in [0.5, 0.6) is 0 Å². The lowest BCUT2D eigenvalue weighted by molar-refractivity contribution is -0.157. The van der Waals surface area contributed by atoms with Crippen molar-refractivity contribution in [3.8, 4) is 0 Å². The number of nitrogens with two attached hydrogens (primary N) is 1. The molecule has 2 aromatic heterocycles. The number of fused-ring (bicyclic) bond motifs is 2. The number of halogens is 3. The molecule has 2 unspecified atom stereocenters. The van der Waals surface area contributed by atoms with Gasteiger partial charge in [0.2, 0.25) is 0 Å². The Morgan fingerprint density at radius 3 is 2.84 bits per heavy atom. The number of carbonyl (C=O) groups excluding carboxylic acids is 1. The third-order valence-corrected chi connectivity index (χ3v) is 5.35. The number of amides is 1. The number of rotatable bonds is 7. The summed E-state index contributed by atoms with van der Waals surface area (Å²) in [6, 6.07) is 3.20. The number of amidine groups is 1. The van der Waals surface area contributed by atoms with Crippen LogP contribution in [0.1, 0.15) is 11.9 Å². The van der Waals surface area contributed by atoms with Crippen molar-refractivity contribution in [2.24, 2.45) is 0 Å². The molecule has 1 aliphatic heterocycles. The van der Waals surface area contributed by atoms with Gasteiger partial charge in [-0.1, -0.05) is 5.16 Å². The molecule has 1 fully saturated rings. The van der Waals surface area contributed by atoms with E-state index in [2.05, 4.69) is 20.4 Å². The van der Waals surface area contributed by atoms with Gasteiger partial charge in [-0.2, -0.15) is 13.2 Å². The fourth-order valence-corrected chi connectivity index (χ4v) is 3.50. The molecule has 0 spiro atoms. The Labute approximate surface area is 205 Å². The smallest absolute Gasteiger partial charge is 0.382 e. The number of hydrogen-bond donors (Lipinski definition) is 7. The minimum absolute atomic E-state index is 0.0130. The first-order chi connectivity index (χ1) is 17.5. The molecular weight excluding hydrogens is 499 g/mol. The number of aliphatic hydroxyl groups is 1. The molecule has 8 N–H and O–H groups in total. The number of aliphatic hydroxyl groups excluding tert-OH is 1. The molecule has 0 aliphatic carbocycles. The third-order valence-electron chi connectivity index (χ3n) is 5.35. The summed E-state index contributed by atoms with van der Waals surface area (Å²) in [4.78, 5) is 21.2. The molecule has 13 nitrogen and oxygen atoms in total. The molecule has 2 atom stereocenters. The van der Waals surface area contributed by atoms with Gasteiger partial charge in [-0.05, 0) is 18.2 Å². The minimum atomic E-state index is -4.88. The van der Waals surface area contributed by atoms with Crippen molar-refractivity contribution in [1.82, 2.24) is 25.3 Å². The number of allylic oxidation sites excluding steroid dienone is 2. The standard InChI is InChI=1S/C21H20F3N9O4/c22-21(23,24)14(26)5-9(8-25)29-2-1-15(27)33-3-4-36-17(20(33)35)16(34)19-30-11-6-10-13(7-12(11)31-19)37-32-18(10)28/h1-2,5-8,16-17,25-27,29,34H,3-4H2,(H2,28,32)(H,30,31)/b2-1-,9-5+,25-8?,26-14?,27-15?. The van der Waals surface area contributed by atoms with Gasteiger partial charge >= 0.3 is 6.18 Å². The molecule has 37 heavy (non-hydrogen) atoms. The van der Waals surface area contributed by atoms with Crippen molar-refractivity contribution in [3.63, 3.8) is 0 Å². The number of carbonyl (C=O) groups is 1. The van der Waals surface area contributed by atoms with Crippen LogP contribution < -0.4 is 11.1 Å². The van der Waals surface area contributed by atoms with E-state index in [-0.39, 0.29) is 36.3 Å². The van der Waals surface area contributed by atoms with Crippen molar-refractivity contribution < 1.29 is 32.3 Å². The van der Waals surface area contributed by atoms with Gasteiger partial charge in [0.05, 0.1) is 35.3 Å². The SMILES string of the molecule is N=C/C(=C\C(=N)C(F)(F)F)N/C=C\C(=N)N1CCOC(C(O)c2nc3cc4c(N)noc4cc3[nH]2)C1=O. The average molecular weight is 519 g/mol. The number of hydrogen-bond acceptors (Lipinski definition) is 11. The van der Waals surface area contributed by atoms with Crippen molar-refractivity contribution >= 4 is 51.5 Å². The molecule has 0 saturated carbocycles. The van der Waals surface area contributed by atoms with E-state index < -0.39 is 30.0 Å². The second-order valence-corrected chi connectivity index (χ2v) is 7.80. The lowest BCUT2D eigenvalue weighted by atomic mass is 10.1. The quantitative estimate of drug-likeness (QED) is 0.180. The van der Waals surface area contributed by atoms with Crippen LogP contribution in [0.4, 0.5) is 19.0 Å². The van der Waals surface area contributed by atoms with Gasteiger partial charge in [0.25, 0.3) is 5.91 Å². The van der Waals surface area contributed by atoms with Crippen molar-refractivity contribution in [3.05, 3.63) is 42.0 Å². The zero-order valence-electron chi connectivity index (χ0n) is 18.8. The monoisotopic (exact) mass is 519 g/mol. The second kappa shape index (κ2) is 9.82. The Hall–Kier alpha value is -4.57. The molecule has 0 radical (unpaired) electrons. The van der Waals surface area contributed by atoms with E-state index in [4.69, 9.17) is 31.2 Å². The number of anilines is 1. The minimum Gasteiger partial charge on any atom is -0.382 e. The van der Waals surface area contributed by atoms with Crippen LogP contribution in [0.2, 0.25) is 0 Å². The summed E-state index contributed by atoms with van der Waals surface area (Å²) in [5.74, 6) is -0.878. The van der Waals surface area contributed by atoms with Crippen LogP contribution in [0.3, 0.4) is 0 Å². The maximum atomic E-state index is 13.0. The van der Waals surface area contributed by atoms with Gasteiger partial charge < -0.3 is 35.8 Å². The number of H-pyrrole nitrogens is 1. The number of aromatic nitrogens is 3. The number of benzene rings is 1. The van der Waals surface area contributed by atoms with Crippen molar-refractivity contribution in [2.45, 2.75) is 18.4 Å². The number of nitrogens with one attached hydrogen (secondary N) is 5. The van der Waals surface area contributed by atoms with E-state index in [0.717, 1.165) is 17.2 Å². The van der Waals surface area contributed by atoms with Gasteiger partial charge in [-0.15, -0.1) is 0 Å². The molecule has 3 heterocycles. The molecule has 3 aromatic rings. The highest BCUT2D eigenvalue weighted by atomic mass is 19.4. The Balaban J connectivity index is 1.46. The Morgan fingerprint density at radius 1 is 1.38 bits per heavy atom. The molecule has 1 amide bonds. The predicted octanol–water partition coefficient (Wildman–Crippen LogP) is 1.74. The summed E-state index contributed by atoms with van der Waals surface area (Å²) >= 11 is 0. The number of nitrogen functional groups attached to an aromatic ring is 1. The first-order valence-corrected chi connectivity index (χ1v) is 10.5. The highest BCUT2D eigenvalue weighted by molar-refractivity contribution is 6.05. The van der Waals surface area contributed by atoms with E-state index >= 15 is 0 Å². The first-order valence-electron chi connectivity index (χ1n) is 10.5. The fraction of sp³-hybridized carbons (Fsp3) is 0.238. The summed E-state index contributed by atoms with van der Waals surface area (Å²) < 4.78 is 48.1. The van der Waals surface area contributed by atoms with E-state index in [9.17, 15) is 23.1 Å². The molecule has 1 aliphatic rings. The average Bonchev–Trinajstić information content (AvgIpc) is 3.43. The van der Waals surface area contributed by atoms with Crippen LogP contribution in [0, 0.1) is 16.2 Å². The lowest BCUT2D eigenvalue weighted by Gasteiger charge is -2.33. The molecular formula is C21H20F3N9O4. The summed E-state index contributed by atoms with van der Waals surface area (Å²) in [7, 11) is 0. The summed E-state index contributed by atoms with van der Waals surface area (Å²) in [5, 5.41) is 39.7. The maximum absolute atomic E-state index is 13.0. The molecule has 0 bridgehead atoms. The lowest BCUT2D eigenvalue weighted by Crippen LogP contribution is -2.52. The molecule has 16 heteroatoms. The van der Waals surface area contributed by atoms with Crippen LogP contribution in [0.15, 0.2) is 40.7 Å². The number of morpholine rings is 1.